The molecule has 2 aromatic rings. The zero-order valence-electron chi connectivity index (χ0n) is 12.5. The van der Waals surface area contributed by atoms with Crippen molar-refractivity contribution >= 4 is 21.6 Å². The maximum atomic E-state index is 12.8. The molecule has 0 saturated carbocycles. The third kappa shape index (κ3) is 2.40. The predicted molar refractivity (Wildman–Crippen MR) is 84.9 cm³/mol. The lowest BCUT2D eigenvalue weighted by Gasteiger charge is -2.33. The Morgan fingerprint density at radius 2 is 1.65 bits per heavy atom. The number of sulfonamides is 1. The molecule has 118 valence electrons. The van der Waals surface area contributed by atoms with Crippen molar-refractivity contribution in [2.45, 2.75) is 17.9 Å². The smallest absolute Gasteiger partial charge is 0.244 e. The van der Waals surface area contributed by atoms with E-state index >= 15 is 0 Å². The van der Waals surface area contributed by atoms with Crippen LogP contribution in [0.2, 0.25) is 0 Å². The largest absolute Gasteiger partial charge is 0.292 e. The Hall–Kier alpha value is -2.31. The number of carbonyl (C=O) groups excluding carboxylic acids is 2. The van der Waals surface area contributed by atoms with Crippen LogP contribution in [0, 0.1) is 0 Å². The first-order valence-corrected chi connectivity index (χ1v) is 8.67. The number of carbonyl (C=O) groups is 2. The Labute approximate surface area is 134 Å². The van der Waals surface area contributed by atoms with Gasteiger partial charge in [0.05, 0.1) is 4.90 Å². The van der Waals surface area contributed by atoms with Gasteiger partial charge in [-0.3, -0.25) is 9.59 Å². The number of ketones is 2. The van der Waals surface area contributed by atoms with Crippen LogP contribution in [0.1, 0.15) is 27.6 Å². The van der Waals surface area contributed by atoms with Gasteiger partial charge in [-0.1, -0.05) is 49.4 Å². The molecule has 1 heterocycles. The molecule has 0 radical (unpaired) electrons. The molecular weight excluding hydrogens is 314 g/mol. The molecule has 0 fully saturated rings. The summed E-state index contributed by atoms with van der Waals surface area (Å²) in [6.45, 7) is 1.66. The first-order valence-electron chi connectivity index (χ1n) is 7.23. The summed E-state index contributed by atoms with van der Waals surface area (Å²) in [4.78, 5) is 25.5. The number of Topliss-reactive ketones (excluding diaryl/α,β-unsaturated/α-hetero) is 2. The average molecular weight is 329 g/mol. The van der Waals surface area contributed by atoms with E-state index < -0.39 is 27.6 Å². The minimum Gasteiger partial charge on any atom is -0.292 e. The number of nitrogens with zero attached hydrogens (tertiary/aromatic N) is 1. The van der Waals surface area contributed by atoms with Gasteiger partial charge in [-0.25, -0.2) is 8.42 Å². The summed E-state index contributed by atoms with van der Waals surface area (Å²) in [5, 5.41) is 0. The molecule has 1 aliphatic heterocycles. The van der Waals surface area contributed by atoms with E-state index in [-0.39, 0.29) is 17.0 Å². The van der Waals surface area contributed by atoms with Gasteiger partial charge in [0.1, 0.15) is 0 Å². The van der Waals surface area contributed by atoms with E-state index in [9.17, 15) is 18.0 Å². The van der Waals surface area contributed by atoms with E-state index in [0.717, 1.165) is 4.31 Å². The van der Waals surface area contributed by atoms with Crippen LogP contribution < -0.4 is 0 Å². The van der Waals surface area contributed by atoms with Gasteiger partial charge in [0.15, 0.2) is 17.6 Å². The van der Waals surface area contributed by atoms with Crippen LogP contribution >= 0.6 is 0 Å². The van der Waals surface area contributed by atoms with E-state index in [4.69, 9.17) is 0 Å². The van der Waals surface area contributed by atoms with Crippen molar-refractivity contribution in [1.82, 2.24) is 4.31 Å². The van der Waals surface area contributed by atoms with Crippen molar-refractivity contribution in [3.8, 4) is 0 Å². The fourth-order valence-electron chi connectivity index (χ4n) is 2.80. The van der Waals surface area contributed by atoms with Crippen LogP contribution in [-0.2, 0) is 10.0 Å². The van der Waals surface area contributed by atoms with E-state index in [0.29, 0.717) is 5.56 Å². The Kier molecular flexibility index (Phi) is 3.87. The highest BCUT2D eigenvalue weighted by molar-refractivity contribution is 7.89. The number of hydrogen-bond acceptors (Lipinski definition) is 4. The SMILES string of the molecule is CCN1[C@H](C(=O)c2ccccc2)C(=O)c2ccccc2S1(=O)=O. The second-order valence-corrected chi connectivity index (χ2v) is 7.06. The third-order valence-corrected chi connectivity index (χ3v) is 5.89. The number of rotatable bonds is 3. The maximum Gasteiger partial charge on any atom is 0.244 e. The Morgan fingerprint density at radius 1 is 1.04 bits per heavy atom. The van der Waals surface area contributed by atoms with Gasteiger partial charge in [0.2, 0.25) is 10.0 Å². The zero-order valence-corrected chi connectivity index (χ0v) is 13.3. The summed E-state index contributed by atoms with van der Waals surface area (Å²) in [7, 11) is -3.88. The molecule has 0 amide bonds. The second-order valence-electron chi connectivity index (χ2n) is 5.20. The molecule has 1 atom stereocenters. The molecule has 2 aromatic carbocycles. The average Bonchev–Trinajstić information content (AvgIpc) is 2.58. The molecule has 3 rings (SSSR count). The summed E-state index contributed by atoms with van der Waals surface area (Å²) in [5.41, 5.74) is 0.394. The number of fused-ring (bicyclic) bond motifs is 1. The van der Waals surface area contributed by atoms with E-state index in [2.05, 4.69) is 0 Å². The van der Waals surface area contributed by atoms with E-state index in [1.54, 1.807) is 49.4 Å². The van der Waals surface area contributed by atoms with Gasteiger partial charge in [-0.15, -0.1) is 0 Å². The van der Waals surface area contributed by atoms with Gasteiger partial charge >= 0.3 is 0 Å². The highest BCUT2D eigenvalue weighted by Crippen LogP contribution is 2.31. The second kappa shape index (κ2) is 5.72. The molecule has 0 aromatic heterocycles. The van der Waals surface area contributed by atoms with Crippen molar-refractivity contribution in [1.29, 1.82) is 0 Å². The Balaban J connectivity index is 2.18. The highest BCUT2D eigenvalue weighted by atomic mass is 32.2. The maximum absolute atomic E-state index is 12.8. The van der Waals surface area contributed by atoms with Gasteiger partial charge in [-0.2, -0.15) is 4.31 Å². The van der Waals surface area contributed by atoms with E-state index in [1.165, 1.54) is 12.1 Å². The minimum atomic E-state index is -3.88. The number of hydrogen-bond donors (Lipinski definition) is 0. The molecule has 0 saturated heterocycles. The Bertz CT molecular complexity index is 874. The van der Waals surface area contributed by atoms with E-state index in [1.807, 2.05) is 0 Å². The standard InChI is InChI=1S/C17H15NO4S/c1-2-18-15(16(19)12-8-4-3-5-9-12)17(20)13-10-6-7-11-14(13)23(18,21)22/h3-11,15H,2H2,1H3/t15-/m1/s1. The predicted octanol–water partition coefficient (Wildman–Crippen LogP) is 2.15. The van der Waals surface area contributed by atoms with Crippen LogP contribution in [0.15, 0.2) is 59.5 Å². The summed E-state index contributed by atoms with van der Waals surface area (Å²) >= 11 is 0. The molecule has 1 aliphatic rings. The van der Waals surface area contributed by atoms with Gasteiger partial charge in [0, 0.05) is 17.7 Å². The molecule has 23 heavy (non-hydrogen) atoms. The van der Waals surface area contributed by atoms with Crippen LogP contribution in [0.5, 0.6) is 0 Å². The Morgan fingerprint density at radius 3 is 2.30 bits per heavy atom. The van der Waals surface area contributed by atoms with Crippen molar-refractivity contribution in [3.63, 3.8) is 0 Å². The van der Waals surface area contributed by atoms with Gasteiger partial charge in [0.25, 0.3) is 0 Å². The first kappa shape index (κ1) is 15.6. The topological polar surface area (TPSA) is 71.5 Å². The molecule has 0 unspecified atom stereocenters. The summed E-state index contributed by atoms with van der Waals surface area (Å²) in [5.74, 6) is -0.985. The molecule has 0 N–H and O–H groups in total. The molecule has 0 spiro atoms. The van der Waals surface area contributed by atoms with Crippen molar-refractivity contribution in [2.75, 3.05) is 6.54 Å². The fourth-order valence-corrected chi connectivity index (χ4v) is 4.56. The van der Waals surface area contributed by atoms with Crippen LogP contribution in [0.25, 0.3) is 0 Å². The first-order chi connectivity index (χ1) is 11.0. The minimum absolute atomic E-state index is 0.0380. The normalized spacial score (nSPS) is 20.0. The van der Waals surface area contributed by atoms with Crippen molar-refractivity contribution in [2.24, 2.45) is 0 Å². The molecule has 5 nitrogen and oxygen atoms in total. The summed E-state index contributed by atoms with van der Waals surface area (Å²) < 4.78 is 26.5. The van der Waals surface area contributed by atoms with Gasteiger partial charge < -0.3 is 0 Å². The highest BCUT2D eigenvalue weighted by Gasteiger charge is 2.46. The van der Waals surface area contributed by atoms with Gasteiger partial charge in [-0.05, 0) is 12.1 Å². The van der Waals surface area contributed by atoms with Crippen LogP contribution in [-0.4, -0.2) is 36.9 Å². The lowest BCUT2D eigenvalue weighted by molar-refractivity contribution is 0.0771. The summed E-state index contributed by atoms with van der Waals surface area (Å²) in [6, 6.07) is 12.9. The zero-order chi connectivity index (χ0) is 16.6. The number of benzene rings is 2. The number of likely N-dealkylation sites (N-methyl/N-ethyl adjacent to an activating group) is 1. The summed E-state index contributed by atoms with van der Waals surface area (Å²) in [6.07, 6.45) is 0. The molecular formula is C17H15NO4S. The quantitative estimate of drug-likeness (QED) is 0.639. The molecule has 0 aliphatic carbocycles. The van der Waals surface area contributed by atoms with Crippen LogP contribution in [0.3, 0.4) is 0 Å². The van der Waals surface area contributed by atoms with Crippen molar-refractivity contribution in [3.05, 3.63) is 65.7 Å². The lowest BCUT2D eigenvalue weighted by atomic mass is 9.96. The molecule has 0 bridgehead atoms. The van der Waals surface area contributed by atoms with Crippen molar-refractivity contribution < 1.29 is 18.0 Å². The fraction of sp³-hybridized carbons (Fsp3) is 0.176. The third-order valence-electron chi connectivity index (χ3n) is 3.89. The molecule has 6 heteroatoms. The lowest BCUT2D eigenvalue weighted by Crippen LogP contribution is -2.53. The van der Waals surface area contributed by atoms with Crippen LogP contribution in [0.4, 0.5) is 0 Å². The monoisotopic (exact) mass is 329 g/mol.